The fourth-order valence-corrected chi connectivity index (χ4v) is 1.42. The van der Waals surface area contributed by atoms with Crippen LogP contribution in [0, 0.1) is 5.92 Å². The number of nitrogens with one attached hydrogen (secondary N) is 2. The van der Waals surface area contributed by atoms with Crippen LogP contribution in [-0.4, -0.2) is 34.6 Å². The van der Waals surface area contributed by atoms with Crippen molar-refractivity contribution in [2.75, 3.05) is 30.3 Å². The predicted molar refractivity (Wildman–Crippen MR) is 77.7 cm³/mol. The molecular weight excluding hydrogens is 242 g/mol. The van der Waals surface area contributed by atoms with Gasteiger partial charge < -0.3 is 15.4 Å². The lowest BCUT2D eigenvalue weighted by molar-refractivity contribution is 0.312. The van der Waals surface area contributed by atoms with Crippen LogP contribution in [-0.2, 0) is 0 Å². The van der Waals surface area contributed by atoms with Crippen molar-refractivity contribution in [2.45, 2.75) is 40.5 Å². The SMILES string of the molecule is CCCNc1nc(NCCC(C)C)nc(OCC)n1. The second kappa shape index (κ2) is 8.50. The van der Waals surface area contributed by atoms with Gasteiger partial charge in [0.2, 0.25) is 11.9 Å². The van der Waals surface area contributed by atoms with E-state index in [1.807, 2.05) is 6.92 Å². The largest absolute Gasteiger partial charge is 0.464 e. The summed E-state index contributed by atoms with van der Waals surface area (Å²) < 4.78 is 5.35. The minimum Gasteiger partial charge on any atom is -0.464 e. The molecule has 2 N–H and O–H groups in total. The highest BCUT2D eigenvalue weighted by molar-refractivity contribution is 5.35. The quantitative estimate of drug-likeness (QED) is 0.716. The molecule has 1 heterocycles. The normalized spacial score (nSPS) is 10.6. The molecule has 6 nitrogen and oxygen atoms in total. The van der Waals surface area contributed by atoms with E-state index in [1.165, 1.54) is 0 Å². The van der Waals surface area contributed by atoms with Gasteiger partial charge >= 0.3 is 6.01 Å². The summed E-state index contributed by atoms with van der Waals surface area (Å²) in [5.41, 5.74) is 0. The molecule has 19 heavy (non-hydrogen) atoms. The van der Waals surface area contributed by atoms with E-state index in [-0.39, 0.29) is 0 Å². The van der Waals surface area contributed by atoms with Gasteiger partial charge in [0.05, 0.1) is 6.61 Å². The maximum absolute atomic E-state index is 5.35. The average Bonchev–Trinajstić information content (AvgIpc) is 2.36. The number of anilines is 2. The zero-order valence-corrected chi connectivity index (χ0v) is 12.4. The summed E-state index contributed by atoms with van der Waals surface area (Å²) in [5.74, 6) is 1.78. The Kier molecular flexibility index (Phi) is 6.92. The Morgan fingerprint density at radius 3 is 2.16 bits per heavy atom. The maximum Gasteiger partial charge on any atom is 0.323 e. The molecule has 6 heteroatoms. The van der Waals surface area contributed by atoms with Gasteiger partial charge in [-0.2, -0.15) is 15.0 Å². The molecule has 0 spiro atoms. The molecule has 0 unspecified atom stereocenters. The van der Waals surface area contributed by atoms with Crippen LogP contribution in [0.25, 0.3) is 0 Å². The van der Waals surface area contributed by atoms with Crippen molar-refractivity contribution in [3.8, 4) is 6.01 Å². The number of ether oxygens (including phenoxy) is 1. The van der Waals surface area contributed by atoms with E-state index in [9.17, 15) is 0 Å². The van der Waals surface area contributed by atoms with Gasteiger partial charge in [-0.05, 0) is 25.7 Å². The predicted octanol–water partition coefficient (Wildman–Crippen LogP) is 2.55. The molecule has 0 aromatic carbocycles. The van der Waals surface area contributed by atoms with E-state index in [4.69, 9.17) is 4.74 Å². The van der Waals surface area contributed by atoms with Crippen molar-refractivity contribution < 1.29 is 4.74 Å². The van der Waals surface area contributed by atoms with Crippen molar-refractivity contribution in [1.82, 2.24) is 15.0 Å². The zero-order chi connectivity index (χ0) is 14.1. The molecule has 1 rings (SSSR count). The highest BCUT2D eigenvalue weighted by Gasteiger charge is 2.06. The molecule has 108 valence electrons. The fourth-order valence-electron chi connectivity index (χ4n) is 1.42. The molecule has 0 atom stereocenters. The van der Waals surface area contributed by atoms with Gasteiger partial charge in [0, 0.05) is 13.1 Å². The van der Waals surface area contributed by atoms with Crippen molar-refractivity contribution >= 4 is 11.9 Å². The molecule has 0 aliphatic rings. The van der Waals surface area contributed by atoms with Gasteiger partial charge in [0.1, 0.15) is 0 Å². The maximum atomic E-state index is 5.35. The van der Waals surface area contributed by atoms with E-state index in [1.54, 1.807) is 0 Å². The third kappa shape index (κ3) is 6.22. The van der Waals surface area contributed by atoms with Gasteiger partial charge in [0.25, 0.3) is 0 Å². The molecule has 0 radical (unpaired) electrons. The van der Waals surface area contributed by atoms with Crippen LogP contribution in [0.2, 0.25) is 0 Å². The molecule has 0 saturated carbocycles. The van der Waals surface area contributed by atoms with Crippen LogP contribution in [0.5, 0.6) is 6.01 Å². The van der Waals surface area contributed by atoms with Crippen LogP contribution < -0.4 is 15.4 Å². The Balaban J connectivity index is 2.68. The molecule has 0 amide bonds. The van der Waals surface area contributed by atoms with Crippen LogP contribution >= 0.6 is 0 Å². The first-order valence-electron chi connectivity index (χ1n) is 7.02. The number of hydrogen-bond acceptors (Lipinski definition) is 6. The fraction of sp³-hybridized carbons (Fsp3) is 0.769. The highest BCUT2D eigenvalue weighted by atomic mass is 16.5. The molecule has 1 aromatic rings. The van der Waals surface area contributed by atoms with E-state index < -0.39 is 0 Å². The van der Waals surface area contributed by atoms with Crippen LogP contribution in [0.4, 0.5) is 11.9 Å². The minimum atomic E-state index is 0.364. The minimum absolute atomic E-state index is 0.364. The van der Waals surface area contributed by atoms with Gasteiger partial charge in [-0.3, -0.25) is 0 Å². The lowest BCUT2D eigenvalue weighted by Crippen LogP contribution is -2.12. The average molecular weight is 267 g/mol. The second-order valence-corrected chi connectivity index (χ2v) is 4.73. The van der Waals surface area contributed by atoms with Gasteiger partial charge in [0.15, 0.2) is 0 Å². The van der Waals surface area contributed by atoms with Crippen molar-refractivity contribution in [3.05, 3.63) is 0 Å². The van der Waals surface area contributed by atoms with Crippen LogP contribution in [0.1, 0.15) is 40.5 Å². The summed E-state index contributed by atoms with van der Waals surface area (Å²) in [5, 5.41) is 6.36. The monoisotopic (exact) mass is 267 g/mol. The summed E-state index contributed by atoms with van der Waals surface area (Å²) in [6, 6.07) is 0.364. The molecule has 0 bridgehead atoms. The lowest BCUT2D eigenvalue weighted by atomic mass is 10.1. The van der Waals surface area contributed by atoms with Crippen molar-refractivity contribution in [2.24, 2.45) is 5.92 Å². The molecule has 0 saturated heterocycles. The Labute approximate surface area is 115 Å². The second-order valence-electron chi connectivity index (χ2n) is 4.73. The summed E-state index contributed by atoms with van der Waals surface area (Å²) in [7, 11) is 0. The molecular formula is C13H25N5O. The van der Waals surface area contributed by atoms with E-state index in [0.29, 0.717) is 30.4 Å². The molecule has 1 aromatic heterocycles. The summed E-state index contributed by atoms with van der Waals surface area (Å²) >= 11 is 0. The number of nitrogens with zero attached hydrogens (tertiary/aromatic N) is 3. The van der Waals surface area contributed by atoms with E-state index in [2.05, 4.69) is 46.4 Å². The first kappa shape index (κ1) is 15.5. The van der Waals surface area contributed by atoms with Crippen molar-refractivity contribution in [1.29, 1.82) is 0 Å². The van der Waals surface area contributed by atoms with Crippen LogP contribution in [0.3, 0.4) is 0 Å². The zero-order valence-electron chi connectivity index (χ0n) is 12.4. The Morgan fingerprint density at radius 2 is 1.63 bits per heavy atom. The number of aromatic nitrogens is 3. The smallest absolute Gasteiger partial charge is 0.323 e. The lowest BCUT2D eigenvalue weighted by Gasteiger charge is -2.10. The van der Waals surface area contributed by atoms with Crippen LogP contribution in [0.15, 0.2) is 0 Å². The highest BCUT2D eigenvalue weighted by Crippen LogP contribution is 2.11. The standard InChI is InChI=1S/C13H25N5O/c1-5-8-14-11-16-12(15-9-7-10(3)4)18-13(17-11)19-6-2/h10H,5-9H2,1-4H3,(H2,14,15,16,17,18). The Hall–Kier alpha value is -1.59. The topological polar surface area (TPSA) is 72.0 Å². The van der Waals surface area contributed by atoms with Gasteiger partial charge in [-0.15, -0.1) is 0 Å². The Bertz CT molecular complexity index is 370. The van der Waals surface area contributed by atoms with E-state index >= 15 is 0 Å². The number of hydrogen-bond donors (Lipinski definition) is 2. The summed E-state index contributed by atoms with van der Waals surface area (Å²) in [4.78, 5) is 12.8. The Morgan fingerprint density at radius 1 is 1.00 bits per heavy atom. The van der Waals surface area contributed by atoms with Crippen molar-refractivity contribution in [3.63, 3.8) is 0 Å². The van der Waals surface area contributed by atoms with E-state index in [0.717, 1.165) is 25.9 Å². The third-order valence-corrected chi connectivity index (χ3v) is 2.43. The third-order valence-electron chi connectivity index (χ3n) is 2.43. The van der Waals surface area contributed by atoms with Gasteiger partial charge in [-0.1, -0.05) is 20.8 Å². The summed E-state index contributed by atoms with van der Waals surface area (Å²) in [6.45, 7) is 10.6. The molecule has 0 aliphatic heterocycles. The molecule has 0 aliphatic carbocycles. The first-order valence-corrected chi connectivity index (χ1v) is 7.02. The van der Waals surface area contributed by atoms with Gasteiger partial charge in [-0.25, -0.2) is 0 Å². The first-order chi connectivity index (χ1) is 9.15. The number of rotatable bonds is 9. The molecule has 0 fully saturated rings. The summed E-state index contributed by atoms with van der Waals surface area (Å²) in [6.07, 6.45) is 2.10.